The van der Waals surface area contributed by atoms with Gasteiger partial charge in [0.25, 0.3) is 0 Å². The molecule has 184 valence electrons. The van der Waals surface area contributed by atoms with Crippen LogP contribution in [-0.4, -0.2) is 95.1 Å². The van der Waals surface area contributed by atoms with E-state index in [1.807, 2.05) is 0 Å². The number of hydrogen-bond acceptors (Lipinski definition) is 8. The highest BCUT2D eigenvalue weighted by Gasteiger charge is 2.14. The molecule has 0 spiro atoms. The first kappa shape index (κ1) is 36.4. The fraction of sp³-hybridized carbons (Fsp3) is 0.833. The number of carboxylic acids is 2. The zero-order chi connectivity index (χ0) is 25.0. The van der Waals surface area contributed by atoms with Crippen molar-refractivity contribution < 1.29 is 79.3 Å². The maximum atomic E-state index is 9.86. The molecule has 1 heterocycles. The molecule has 0 amide bonds. The number of carbonyl (C=O) groups is 2. The highest BCUT2D eigenvalue weighted by Crippen LogP contribution is 2.29. The summed E-state index contributed by atoms with van der Waals surface area (Å²) >= 11 is 0. The van der Waals surface area contributed by atoms with Crippen molar-refractivity contribution >= 4 is 27.1 Å². The Kier molecular flexibility index (Phi) is 25.8. The second-order valence-corrected chi connectivity index (χ2v) is 9.37. The van der Waals surface area contributed by atoms with Crippen LogP contribution in [0.4, 0.5) is 0 Å². The monoisotopic (exact) mass is 490 g/mol. The van der Waals surface area contributed by atoms with E-state index in [-0.39, 0.29) is 0 Å². The van der Waals surface area contributed by atoms with Crippen molar-refractivity contribution in [2.24, 2.45) is 0 Å². The first-order valence-electron chi connectivity index (χ1n) is 8.15. The largest absolute Gasteiger partial charge is 0.779 e. The second-order valence-electron chi connectivity index (χ2n) is 5.92. The normalized spacial score (nSPS) is 21.0. The summed E-state index contributed by atoms with van der Waals surface area (Å²) in [6.07, 6.45) is -2.47. The molecular formula is C12H32N2O14P2. The van der Waals surface area contributed by atoms with Gasteiger partial charge < -0.3 is 69.7 Å². The molecule has 0 saturated carbocycles. The van der Waals surface area contributed by atoms with Crippen molar-refractivity contribution in [2.75, 3.05) is 52.6 Å². The number of likely N-dealkylation sites (N-methyl/N-ethyl adjacent to an activating group) is 2. The second kappa shape index (κ2) is 21.2. The molecule has 1 fully saturated rings. The molecule has 1 aliphatic heterocycles. The average Bonchev–Trinajstić information content (AvgIpc) is 2.64. The molecule has 1 saturated heterocycles. The van der Waals surface area contributed by atoms with Crippen LogP contribution in [0.1, 0.15) is 12.8 Å². The van der Waals surface area contributed by atoms with Gasteiger partial charge in [0.2, 0.25) is 0 Å². The molecule has 16 nitrogen and oxygen atoms in total. The Balaban J connectivity index is -0.000000156. The van der Waals surface area contributed by atoms with Crippen molar-refractivity contribution in [3.8, 4) is 0 Å². The van der Waals surface area contributed by atoms with Crippen molar-refractivity contribution in [1.82, 2.24) is 0 Å². The quantitative estimate of drug-likeness (QED) is 0.0875. The summed E-state index contributed by atoms with van der Waals surface area (Å²) in [7, 11) is -4.16. The summed E-state index contributed by atoms with van der Waals surface area (Å²) in [5.41, 5.74) is 0. The molecule has 30 heavy (non-hydrogen) atoms. The molecule has 18 heteroatoms. The fourth-order valence-electron chi connectivity index (χ4n) is 1.58. The van der Waals surface area contributed by atoms with Gasteiger partial charge in [-0.3, -0.25) is 9.59 Å². The van der Waals surface area contributed by atoms with Crippen molar-refractivity contribution in [3.05, 3.63) is 0 Å². The number of hydrogen-bond donors (Lipinski definition) is 6. The molecule has 1 rings (SSSR count). The molecule has 2 unspecified atom stereocenters. The van der Waals surface area contributed by atoms with Crippen LogP contribution in [0.3, 0.4) is 0 Å². The van der Waals surface area contributed by atoms with Gasteiger partial charge in [-0.05, 0) is 0 Å². The molecule has 10 N–H and O–H groups in total. The summed E-state index contributed by atoms with van der Waals surface area (Å²) in [5, 5.41) is 39.8. The molecule has 0 aromatic carbocycles. The van der Waals surface area contributed by atoms with Gasteiger partial charge in [0.1, 0.15) is 41.4 Å². The van der Waals surface area contributed by atoms with Gasteiger partial charge in [0.15, 0.2) is 0 Å². The topological polar surface area (TPSA) is 296 Å². The molecule has 2 atom stereocenters. The molecule has 0 bridgehead atoms. The molecule has 1 aliphatic rings. The van der Waals surface area contributed by atoms with Crippen LogP contribution in [0, 0.1) is 0 Å². The van der Waals surface area contributed by atoms with E-state index in [1.165, 1.54) is 26.2 Å². The standard InChI is InChI=1S/C6H14N2.2C3H7O5P.2H2O2/c1-7-3-5-8(2)6-4-7;2*4-3(5)1-2-9(6,7)8;2*1-2/h3-6H2,1-2H3;2*1-2H2,(H,4,5)(H2,6,7,8);2*1H2. The SMILES string of the molecule is C[NH+]1CC[NH+](C)CC1.O=C(O)CCP(=O)([O-])O.O=C(O)CCP(=O)([O-])O.[O-][OH2+].[O-][OH2+]. The maximum Gasteiger partial charge on any atom is 0.303 e. The van der Waals surface area contributed by atoms with E-state index in [0.717, 1.165) is 0 Å². The third-order valence-electron chi connectivity index (χ3n) is 3.17. The van der Waals surface area contributed by atoms with E-state index in [1.54, 1.807) is 9.80 Å². The predicted molar refractivity (Wildman–Crippen MR) is 94.4 cm³/mol. The van der Waals surface area contributed by atoms with Gasteiger partial charge in [0.05, 0.1) is 26.9 Å². The van der Waals surface area contributed by atoms with Crippen molar-refractivity contribution in [2.45, 2.75) is 12.8 Å². The van der Waals surface area contributed by atoms with Crippen LogP contribution in [0.5, 0.6) is 0 Å². The minimum absolute atomic E-state index is 0.544. The zero-order valence-electron chi connectivity index (χ0n) is 16.6. The Morgan fingerprint density at radius 1 is 0.767 bits per heavy atom. The Morgan fingerprint density at radius 3 is 1.07 bits per heavy atom. The lowest BCUT2D eigenvalue weighted by Crippen LogP contribution is -3.25. The van der Waals surface area contributed by atoms with E-state index in [2.05, 4.69) is 24.6 Å². The van der Waals surface area contributed by atoms with E-state index >= 15 is 0 Å². The smallest absolute Gasteiger partial charge is 0.303 e. The van der Waals surface area contributed by atoms with Crippen LogP contribution in [-0.2, 0) is 18.7 Å². The van der Waals surface area contributed by atoms with E-state index in [0.29, 0.717) is 0 Å². The molecular weight excluding hydrogens is 458 g/mol. The summed E-state index contributed by atoms with van der Waals surface area (Å²) in [6, 6.07) is 0. The van der Waals surface area contributed by atoms with Crippen LogP contribution in [0.2, 0.25) is 0 Å². The third-order valence-corrected chi connectivity index (χ3v) is 4.75. The Bertz CT molecular complexity index is 469. The number of nitrogens with one attached hydrogen (secondary N) is 2. The number of rotatable bonds is 6. The summed E-state index contributed by atoms with van der Waals surface area (Å²) in [5.74, 6) is -2.47. The van der Waals surface area contributed by atoms with Gasteiger partial charge in [-0.25, -0.2) is 0 Å². The Hall–Kier alpha value is -1.00. The predicted octanol–water partition coefficient (Wildman–Crippen LogP) is -8.98. The lowest BCUT2D eigenvalue weighted by Gasteiger charge is -2.23. The Labute approximate surface area is 172 Å². The highest BCUT2D eigenvalue weighted by molar-refractivity contribution is 7.50. The summed E-state index contributed by atoms with van der Waals surface area (Å²) in [4.78, 5) is 58.4. The minimum atomic E-state index is -4.35. The van der Waals surface area contributed by atoms with E-state index in [9.17, 15) is 28.5 Å². The fourth-order valence-corrected chi connectivity index (χ4v) is 2.53. The Morgan fingerprint density at radius 2 is 0.967 bits per heavy atom. The number of piperazine rings is 1. The van der Waals surface area contributed by atoms with Gasteiger partial charge in [0, 0.05) is 12.3 Å². The summed E-state index contributed by atoms with van der Waals surface area (Å²) in [6.45, 7) is 5.41. The van der Waals surface area contributed by atoms with Gasteiger partial charge in [-0.2, -0.15) is 0 Å². The molecule has 0 aliphatic carbocycles. The van der Waals surface area contributed by atoms with Crippen LogP contribution < -0.4 is 30.1 Å². The molecule has 0 radical (unpaired) electrons. The first-order chi connectivity index (χ1) is 13.6. The highest BCUT2D eigenvalue weighted by atomic mass is 31.2. The molecule has 0 aromatic rings. The van der Waals surface area contributed by atoms with Crippen molar-refractivity contribution in [1.29, 1.82) is 0 Å². The maximum absolute atomic E-state index is 9.86. The van der Waals surface area contributed by atoms with Gasteiger partial charge >= 0.3 is 11.9 Å². The average molecular weight is 490 g/mol. The van der Waals surface area contributed by atoms with Crippen LogP contribution in [0.25, 0.3) is 0 Å². The van der Waals surface area contributed by atoms with Crippen LogP contribution >= 0.6 is 15.2 Å². The lowest BCUT2D eigenvalue weighted by atomic mass is 10.4. The van der Waals surface area contributed by atoms with Crippen molar-refractivity contribution in [3.63, 3.8) is 0 Å². The first-order valence-corrected chi connectivity index (χ1v) is 11.7. The summed E-state index contributed by atoms with van der Waals surface area (Å²) < 4.78 is 19.7. The van der Waals surface area contributed by atoms with Gasteiger partial charge in [-0.1, -0.05) is 0 Å². The minimum Gasteiger partial charge on any atom is -0.779 e. The third kappa shape index (κ3) is 41.4. The number of quaternary nitrogens is 2. The lowest BCUT2D eigenvalue weighted by molar-refractivity contribution is -0.994. The number of carboxylic acid groups (broad SMARTS) is 2. The van der Waals surface area contributed by atoms with E-state index < -0.39 is 52.3 Å². The van der Waals surface area contributed by atoms with Crippen LogP contribution in [0.15, 0.2) is 0 Å². The number of aliphatic carboxylic acids is 2. The van der Waals surface area contributed by atoms with E-state index in [4.69, 9.17) is 30.5 Å². The molecule has 0 aromatic heterocycles. The van der Waals surface area contributed by atoms with Gasteiger partial charge in [-0.15, -0.1) is 0 Å². The zero-order valence-corrected chi connectivity index (χ0v) is 18.4.